The van der Waals surface area contributed by atoms with Gasteiger partial charge in [-0.15, -0.1) is 0 Å². The molecule has 0 spiro atoms. The number of amides is 3. The third-order valence-corrected chi connectivity index (χ3v) is 5.45. The quantitative estimate of drug-likeness (QED) is 0.431. The Bertz CT molecular complexity index is 1030. The van der Waals surface area contributed by atoms with Crippen LogP contribution in [0, 0.1) is 0 Å². The fourth-order valence-electron chi connectivity index (χ4n) is 3.72. The Labute approximate surface area is 196 Å². The van der Waals surface area contributed by atoms with E-state index in [1.165, 1.54) is 13.1 Å². The summed E-state index contributed by atoms with van der Waals surface area (Å²) >= 11 is 0. The van der Waals surface area contributed by atoms with Crippen molar-refractivity contribution >= 4 is 23.3 Å². The second kappa shape index (κ2) is 10.4. The molecule has 1 aliphatic rings. The number of urea groups is 1. The first kappa shape index (κ1) is 26.1. The highest BCUT2D eigenvalue weighted by atomic mass is 19.4. The van der Waals surface area contributed by atoms with E-state index in [1.54, 1.807) is 18.2 Å². The summed E-state index contributed by atoms with van der Waals surface area (Å²) in [4.78, 5) is 26.7. The molecule has 0 bridgehead atoms. The topological polar surface area (TPSA) is 95.2 Å². The van der Waals surface area contributed by atoms with Crippen LogP contribution in [0.5, 0.6) is 0 Å². The molecule has 7 nitrogen and oxygen atoms in total. The average molecular weight is 503 g/mol. The van der Waals surface area contributed by atoms with Gasteiger partial charge < -0.3 is 21.3 Å². The van der Waals surface area contributed by atoms with Gasteiger partial charge >= 0.3 is 18.4 Å². The molecule has 3 amide bonds. The smallest absolute Gasteiger partial charge is 0.382 e. The summed E-state index contributed by atoms with van der Waals surface area (Å²) < 4.78 is 78.1. The molecule has 1 aromatic heterocycles. The van der Waals surface area contributed by atoms with Gasteiger partial charge in [0.1, 0.15) is 11.4 Å². The van der Waals surface area contributed by atoms with Crippen molar-refractivity contribution in [3.63, 3.8) is 0 Å². The first-order valence-corrected chi connectivity index (χ1v) is 10.7. The molecule has 13 heteroatoms. The highest BCUT2D eigenvalue weighted by Crippen LogP contribution is 2.35. The maximum absolute atomic E-state index is 13.0. The number of carbonyl (C=O) groups excluding carboxylic acids is 2. The lowest BCUT2D eigenvalue weighted by Crippen LogP contribution is -2.40. The lowest BCUT2D eigenvalue weighted by molar-refractivity contribution is -0.150. The van der Waals surface area contributed by atoms with E-state index < -0.39 is 29.8 Å². The maximum atomic E-state index is 13.0. The maximum Gasteiger partial charge on any atom is 0.433 e. The lowest BCUT2D eigenvalue weighted by atomic mass is 9.90. The summed E-state index contributed by atoms with van der Waals surface area (Å²) in [6.45, 7) is 0. The number of rotatable bonds is 5. The Morgan fingerprint density at radius 1 is 0.857 bits per heavy atom. The van der Waals surface area contributed by atoms with Crippen LogP contribution < -0.4 is 21.3 Å². The van der Waals surface area contributed by atoms with Gasteiger partial charge in [-0.1, -0.05) is 6.07 Å². The predicted molar refractivity (Wildman–Crippen MR) is 116 cm³/mol. The molecular weight excluding hydrogens is 480 g/mol. The van der Waals surface area contributed by atoms with Gasteiger partial charge in [0.2, 0.25) is 0 Å². The molecule has 3 rings (SSSR count). The largest absolute Gasteiger partial charge is 0.433 e. The molecule has 35 heavy (non-hydrogen) atoms. The Morgan fingerprint density at radius 2 is 1.43 bits per heavy atom. The standard InChI is InChI=1S/C22H23F6N5O2/c1-29-20(35)32-15-4-2-3-12(9-15)19(34)31-14-7-5-13(6-8-14)30-16-10-17(21(23,24)25)33-18(11-16)22(26,27)28/h2-4,9-11,13-14H,5-8H2,1H3,(H,30,33)(H,31,34)(H2,29,32,35)/t13-,14+. The van der Waals surface area contributed by atoms with Crippen LogP contribution in [0.15, 0.2) is 36.4 Å². The van der Waals surface area contributed by atoms with E-state index in [1.807, 2.05) is 0 Å². The SMILES string of the molecule is CNC(=O)Nc1cccc(C(=O)N[C@H]2CC[C@@H](Nc3cc(C(F)(F)F)nc(C(F)(F)F)c3)CC2)c1. The van der Waals surface area contributed by atoms with Crippen LogP contribution in [0.2, 0.25) is 0 Å². The Morgan fingerprint density at radius 3 is 1.97 bits per heavy atom. The first-order valence-electron chi connectivity index (χ1n) is 10.7. The van der Waals surface area contributed by atoms with Gasteiger partial charge in [0, 0.05) is 36.1 Å². The summed E-state index contributed by atoms with van der Waals surface area (Å²) in [5.74, 6) is -0.360. The van der Waals surface area contributed by atoms with Crippen LogP contribution in [0.1, 0.15) is 47.4 Å². The van der Waals surface area contributed by atoms with E-state index in [2.05, 4.69) is 26.3 Å². The molecule has 0 saturated heterocycles. The Hall–Kier alpha value is -3.51. The predicted octanol–water partition coefficient (Wildman–Crippen LogP) is 5.02. The van der Waals surface area contributed by atoms with E-state index in [0.29, 0.717) is 49.1 Å². The molecule has 0 radical (unpaired) electrons. The minimum atomic E-state index is -5.02. The van der Waals surface area contributed by atoms with Crippen LogP contribution >= 0.6 is 0 Å². The highest BCUT2D eigenvalue weighted by Gasteiger charge is 2.39. The number of hydrogen-bond donors (Lipinski definition) is 4. The normalized spacial score (nSPS) is 18.5. The number of hydrogen-bond acceptors (Lipinski definition) is 4. The van der Waals surface area contributed by atoms with Gasteiger partial charge in [-0.2, -0.15) is 26.3 Å². The zero-order valence-corrected chi connectivity index (χ0v) is 18.5. The second-order valence-electron chi connectivity index (χ2n) is 8.07. The Kier molecular flexibility index (Phi) is 7.76. The van der Waals surface area contributed by atoms with Crippen molar-refractivity contribution in [2.75, 3.05) is 17.7 Å². The highest BCUT2D eigenvalue weighted by molar-refractivity contribution is 5.97. The molecule has 1 saturated carbocycles. The zero-order chi connectivity index (χ0) is 25.8. The molecular formula is C22H23F6N5O2. The van der Waals surface area contributed by atoms with Crippen LogP contribution in [-0.2, 0) is 12.4 Å². The van der Waals surface area contributed by atoms with E-state index in [4.69, 9.17) is 0 Å². The molecule has 0 aliphatic heterocycles. The number of carbonyl (C=O) groups is 2. The van der Waals surface area contributed by atoms with Crippen molar-refractivity contribution < 1.29 is 35.9 Å². The van der Waals surface area contributed by atoms with E-state index in [0.717, 1.165) is 0 Å². The number of alkyl halides is 6. The van der Waals surface area contributed by atoms with Crippen molar-refractivity contribution in [3.05, 3.63) is 53.3 Å². The third-order valence-electron chi connectivity index (χ3n) is 5.45. The van der Waals surface area contributed by atoms with Gasteiger partial charge in [0.15, 0.2) is 0 Å². The number of benzene rings is 1. The van der Waals surface area contributed by atoms with Crippen molar-refractivity contribution in [2.45, 2.75) is 50.1 Å². The first-order chi connectivity index (χ1) is 16.3. The average Bonchev–Trinajstić information content (AvgIpc) is 2.79. The van der Waals surface area contributed by atoms with Crippen molar-refractivity contribution in [1.82, 2.24) is 15.6 Å². The van der Waals surface area contributed by atoms with Crippen LogP contribution in [0.3, 0.4) is 0 Å². The summed E-state index contributed by atoms with van der Waals surface area (Å²) in [6, 6.07) is 6.42. The number of pyridine rings is 1. The van der Waals surface area contributed by atoms with Crippen LogP contribution in [0.25, 0.3) is 0 Å². The summed E-state index contributed by atoms with van der Waals surface area (Å²) in [5, 5.41) is 10.6. The second-order valence-corrected chi connectivity index (χ2v) is 8.07. The lowest BCUT2D eigenvalue weighted by Gasteiger charge is -2.30. The molecule has 1 aromatic carbocycles. The fourth-order valence-corrected chi connectivity index (χ4v) is 3.72. The molecule has 1 heterocycles. The number of nitrogens with one attached hydrogen (secondary N) is 4. The van der Waals surface area contributed by atoms with Crippen molar-refractivity contribution in [2.24, 2.45) is 0 Å². The van der Waals surface area contributed by atoms with E-state index in [9.17, 15) is 35.9 Å². The minimum absolute atomic E-state index is 0.218. The van der Waals surface area contributed by atoms with Crippen molar-refractivity contribution in [3.8, 4) is 0 Å². The summed E-state index contributed by atoms with van der Waals surface area (Å²) in [5.41, 5.74) is -2.80. The van der Waals surface area contributed by atoms with Gasteiger partial charge in [-0.05, 0) is 56.0 Å². The summed E-state index contributed by atoms with van der Waals surface area (Å²) in [6.07, 6.45) is -8.24. The molecule has 4 N–H and O–H groups in total. The molecule has 1 aliphatic carbocycles. The third kappa shape index (κ3) is 7.23. The van der Waals surface area contributed by atoms with Crippen LogP contribution in [-0.4, -0.2) is 36.1 Å². The number of aromatic nitrogens is 1. The van der Waals surface area contributed by atoms with E-state index in [-0.39, 0.29) is 23.7 Å². The Balaban J connectivity index is 1.59. The fraction of sp³-hybridized carbons (Fsp3) is 0.409. The zero-order valence-electron chi connectivity index (χ0n) is 18.5. The number of anilines is 2. The molecule has 1 fully saturated rings. The minimum Gasteiger partial charge on any atom is -0.382 e. The number of halogens is 6. The summed E-state index contributed by atoms with van der Waals surface area (Å²) in [7, 11) is 1.45. The van der Waals surface area contributed by atoms with E-state index >= 15 is 0 Å². The van der Waals surface area contributed by atoms with Gasteiger partial charge in [-0.25, -0.2) is 9.78 Å². The van der Waals surface area contributed by atoms with Gasteiger partial charge in [0.25, 0.3) is 5.91 Å². The van der Waals surface area contributed by atoms with Gasteiger partial charge in [0.05, 0.1) is 0 Å². The molecule has 0 unspecified atom stereocenters. The monoisotopic (exact) mass is 503 g/mol. The van der Waals surface area contributed by atoms with Gasteiger partial charge in [-0.3, -0.25) is 4.79 Å². The van der Waals surface area contributed by atoms with Crippen molar-refractivity contribution in [1.29, 1.82) is 0 Å². The van der Waals surface area contributed by atoms with Crippen LogP contribution in [0.4, 0.5) is 42.5 Å². The molecule has 2 aromatic rings. The molecule has 0 atom stereocenters. The number of nitrogens with zero attached hydrogens (tertiary/aromatic N) is 1. The molecule has 190 valence electrons.